The molecule has 1 aliphatic heterocycles. The summed E-state index contributed by atoms with van der Waals surface area (Å²) in [5, 5.41) is 5.20. The van der Waals surface area contributed by atoms with E-state index in [4.69, 9.17) is 14.2 Å². The van der Waals surface area contributed by atoms with E-state index in [0.717, 1.165) is 19.3 Å². The molecule has 9 nitrogen and oxygen atoms in total. The summed E-state index contributed by atoms with van der Waals surface area (Å²) in [7, 11) is 1.27. The predicted molar refractivity (Wildman–Crippen MR) is 105 cm³/mol. The van der Waals surface area contributed by atoms with Gasteiger partial charge in [0, 0.05) is 18.9 Å². The summed E-state index contributed by atoms with van der Waals surface area (Å²) in [5.74, 6) is -1.95. The molecule has 29 heavy (non-hydrogen) atoms. The average Bonchev–Trinajstić information content (AvgIpc) is 2.62. The van der Waals surface area contributed by atoms with Gasteiger partial charge in [0.25, 0.3) is 0 Å². The second-order valence-electron chi connectivity index (χ2n) is 8.28. The highest BCUT2D eigenvalue weighted by atomic mass is 16.6. The van der Waals surface area contributed by atoms with E-state index in [-0.39, 0.29) is 18.8 Å². The SMILES string of the molecule is COC(=O)[C@@H]1CCCCCOC[C@H](NC(=O)OC(C)(C)C)C(=O)C[C@@H](C)C(=O)N1. The topological polar surface area (TPSA) is 120 Å². The van der Waals surface area contributed by atoms with Gasteiger partial charge in [-0.05, 0) is 33.6 Å². The summed E-state index contributed by atoms with van der Waals surface area (Å²) in [5.41, 5.74) is -0.703. The molecule has 0 aromatic rings. The average molecular weight is 414 g/mol. The van der Waals surface area contributed by atoms with E-state index in [0.29, 0.717) is 13.0 Å². The van der Waals surface area contributed by atoms with Crippen molar-refractivity contribution in [2.45, 2.75) is 77.5 Å². The molecule has 1 saturated heterocycles. The molecule has 0 bridgehead atoms. The number of hydrogen-bond acceptors (Lipinski definition) is 7. The largest absolute Gasteiger partial charge is 0.467 e. The van der Waals surface area contributed by atoms with Gasteiger partial charge in [0.1, 0.15) is 17.7 Å². The zero-order chi connectivity index (χ0) is 22.0. The number of carbonyl (C=O) groups is 4. The highest BCUT2D eigenvalue weighted by Gasteiger charge is 2.29. The number of ether oxygens (including phenoxy) is 3. The highest BCUT2D eigenvalue weighted by Crippen LogP contribution is 2.12. The van der Waals surface area contributed by atoms with Gasteiger partial charge in [0.15, 0.2) is 5.78 Å². The lowest BCUT2D eigenvalue weighted by Crippen LogP contribution is -2.48. The molecular formula is C20H34N2O7. The van der Waals surface area contributed by atoms with Crippen molar-refractivity contribution in [1.29, 1.82) is 0 Å². The number of carbonyl (C=O) groups excluding carboxylic acids is 4. The summed E-state index contributed by atoms with van der Waals surface area (Å²) in [6.07, 6.45) is 1.87. The highest BCUT2D eigenvalue weighted by molar-refractivity contribution is 5.92. The van der Waals surface area contributed by atoms with Crippen molar-refractivity contribution in [2.75, 3.05) is 20.3 Å². The molecule has 166 valence electrons. The van der Waals surface area contributed by atoms with Gasteiger partial charge in [0.2, 0.25) is 5.91 Å². The fourth-order valence-corrected chi connectivity index (χ4v) is 2.84. The molecule has 0 aromatic carbocycles. The van der Waals surface area contributed by atoms with E-state index in [1.807, 2.05) is 0 Å². The second kappa shape index (κ2) is 11.7. The van der Waals surface area contributed by atoms with Crippen LogP contribution in [-0.2, 0) is 28.6 Å². The van der Waals surface area contributed by atoms with Crippen molar-refractivity contribution in [3.8, 4) is 0 Å². The summed E-state index contributed by atoms with van der Waals surface area (Å²) >= 11 is 0. The van der Waals surface area contributed by atoms with Crippen LogP contribution in [0.3, 0.4) is 0 Å². The third-order valence-electron chi connectivity index (χ3n) is 4.40. The van der Waals surface area contributed by atoms with Crippen LogP contribution >= 0.6 is 0 Å². The molecule has 0 radical (unpaired) electrons. The van der Waals surface area contributed by atoms with Gasteiger partial charge < -0.3 is 24.8 Å². The molecule has 1 rings (SSSR count). The van der Waals surface area contributed by atoms with Crippen LogP contribution in [0.5, 0.6) is 0 Å². The van der Waals surface area contributed by atoms with E-state index >= 15 is 0 Å². The molecule has 1 aliphatic rings. The van der Waals surface area contributed by atoms with Crippen molar-refractivity contribution >= 4 is 23.8 Å². The first-order valence-electron chi connectivity index (χ1n) is 10.0. The van der Waals surface area contributed by atoms with Crippen LogP contribution in [-0.4, -0.2) is 61.8 Å². The van der Waals surface area contributed by atoms with Gasteiger partial charge in [-0.1, -0.05) is 19.8 Å². The molecule has 0 aromatic heterocycles. The Bertz CT molecular complexity index is 586. The van der Waals surface area contributed by atoms with Gasteiger partial charge in [-0.3, -0.25) is 9.59 Å². The first-order valence-corrected chi connectivity index (χ1v) is 10.0. The van der Waals surface area contributed by atoms with Crippen molar-refractivity contribution in [1.82, 2.24) is 10.6 Å². The molecule has 1 fully saturated rings. The maximum atomic E-state index is 12.7. The minimum absolute atomic E-state index is 0.0111. The smallest absolute Gasteiger partial charge is 0.408 e. The minimum atomic E-state index is -0.917. The second-order valence-corrected chi connectivity index (χ2v) is 8.28. The normalized spacial score (nSPS) is 25.3. The third kappa shape index (κ3) is 9.74. The monoisotopic (exact) mass is 414 g/mol. The lowest BCUT2D eigenvalue weighted by molar-refractivity contribution is -0.145. The first-order chi connectivity index (χ1) is 13.5. The Balaban J connectivity index is 2.85. The van der Waals surface area contributed by atoms with Crippen molar-refractivity contribution in [3.63, 3.8) is 0 Å². The van der Waals surface area contributed by atoms with Gasteiger partial charge >= 0.3 is 12.1 Å². The Morgan fingerprint density at radius 3 is 2.48 bits per heavy atom. The number of rotatable bonds is 2. The van der Waals surface area contributed by atoms with E-state index in [1.54, 1.807) is 27.7 Å². The molecule has 2 N–H and O–H groups in total. The van der Waals surface area contributed by atoms with Gasteiger partial charge in [0.05, 0.1) is 13.7 Å². The Morgan fingerprint density at radius 1 is 1.17 bits per heavy atom. The van der Waals surface area contributed by atoms with Crippen molar-refractivity contribution < 1.29 is 33.4 Å². The van der Waals surface area contributed by atoms with Crippen molar-refractivity contribution in [2.24, 2.45) is 5.92 Å². The molecule has 3 atom stereocenters. The summed E-state index contributed by atoms with van der Waals surface area (Å²) in [6.45, 7) is 7.20. The quantitative estimate of drug-likeness (QED) is 0.660. The molecule has 0 unspecified atom stereocenters. The van der Waals surface area contributed by atoms with Crippen LogP contribution < -0.4 is 10.6 Å². The van der Waals surface area contributed by atoms with E-state index in [1.165, 1.54) is 7.11 Å². The fraction of sp³-hybridized carbons (Fsp3) is 0.800. The number of Topliss-reactive ketones (excluding diaryl/α,β-unsaturated/α-hetero) is 1. The number of hydrogen-bond donors (Lipinski definition) is 2. The predicted octanol–water partition coefficient (Wildman–Crippen LogP) is 1.72. The maximum absolute atomic E-state index is 12.7. The molecule has 0 saturated carbocycles. The number of ketones is 1. The molecule has 9 heteroatoms. The van der Waals surface area contributed by atoms with Crippen LogP contribution in [0.25, 0.3) is 0 Å². The van der Waals surface area contributed by atoms with Gasteiger partial charge in [-0.25, -0.2) is 9.59 Å². The van der Waals surface area contributed by atoms with E-state index in [2.05, 4.69) is 10.6 Å². The molecular weight excluding hydrogens is 380 g/mol. The fourth-order valence-electron chi connectivity index (χ4n) is 2.84. The number of methoxy groups -OCH3 is 1. The van der Waals surface area contributed by atoms with Crippen LogP contribution in [0, 0.1) is 5.92 Å². The molecule has 0 aliphatic carbocycles. The summed E-state index contributed by atoms with van der Waals surface area (Å²) in [6, 6.07) is -1.66. The lowest BCUT2D eigenvalue weighted by Gasteiger charge is -2.24. The standard InChI is InChI=1S/C20H34N2O7/c1-13-11-16(23)15(22-19(26)29-20(2,3)4)12-28-10-8-6-7-9-14(18(25)27-5)21-17(13)24/h13-15H,6-12H2,1-5H3,(H,21,24)(H,22,26)/t13-,14+,15+/m1/s1. The zero-order valence-corrected chi connectivity index (χ0v) is 18.0. The Morgan fingerprint density at radius 2 is 1.86 bits per heavy atom. The Hall–Kier alpha value is -2.16. The maximum Gasteiger partial charge on any atom is 0.408 e. The van der Waals surface area contributed by atoms with Crippen molar-refractivity contribution in [3.05, 3.63) is 0 Å². The molecule has 2 amide bonds. The van der Waals surface area contributed by atoms with E-state index in [9.17, 15) is 19.2 Å². The van der Waals surface area contributed by atoms with Gasteiger partial charge in [-0.2, -0.15) is 0 Å². The van der Waals surface area contributed by atoms with Crippen LogP contribution in [0.2, 0.25) is 0 Å². The number of alkyl carbamates (subject to hydrolysis) is 1. The third-order valence-corrected chi connectivity index (χ3v) is 4.40. The minimum Gasteiger partial charge on any atom is -0.467 e. The van der Waals surface area contributed by atoms with Gasteiger partial charge in [-0.15, -0.1) is 0 Å². The number of esters is 1. The lowest BCUT2D eigenvalue weighted by atomic mass is 9.98. The number of nitrogens with one attached hydrogen (secondary N) is 2. The molecule has 1 heterocycles. The zero-order valence-electron chi connectivity index (χ0n) is 18.0. The summed E-state index contributed by atoms with van der Waals surface area (Å²) < 4.78 is 15.5. The Kier molecular flexibility index (Phi) is 10.1. The Labute approximate surface area is 172 Å². The number of amides is 2. The summed E-state index contributed by atoms with van der Waals surface area (Å²) in [4.78, 5) is 49.1. The molecule has 0 spiro atoms. The van der Waals surface area contributed by atoms with Crippen LogP contribution in [0.15, 0.2) is 0 Å². The van der Waals surface area contributed by atoms with Crippen LogP contribution in [0.4, 0.5) is 4.79 Å². The van der Waals surface area contributed by atoms with E-state index < -0.39 is 41.6 Å². The first kappa shape index (κ1) is 24.9. The van der Waals surface area contributed by atoms with Crippen LogP contribution in [0.1, 0.15) is 59.8 Å².